The Bertz CT molecular complexity index is 87.9. The lowest BCUT2D eigenvalue weighted by molar-refractivity contribution is 1.15. The third-order valence-corrected chi connectivity index (χ3v) is 5.51. The maximum absolute atomic E-state index is 4.31. The second kappa shape index (κ2) is 10.8. The summed E-state index contributed by atoms with van der Waals surface area (Å²) in [7, 11) is 0. The van der Waals surface area contributed by atoms with E-state index in [0.717, 1.165) is 28.8 Å². The number of hydrogen-bond acceptors (Lipinski definition) is 5. The van der Waals surface area contributed by atoms with Crippen LogP contribution in [0, 0.1) is 0 Å². The topological polar surface area (TPSA) is 0 Å². The zero-order valence-electron chi connectivity index (χ0n) is 6.98. The van der Waals surface area contributed by atoms with Gasteiger partial charge in [-0.15, -0.1) is 0 Å². The molecule has 0 aromatic heterocycles. The van der Waals surface area contributed by atoms with Gasteiger partial charge in [-0.3, -0.25) is 0 Å². The van der Waals surface area contributed by atoms with Gasteiger partial charge in [-0.1, -0.05) is 0 Å². The van der Waals surface area contributed by atoms with Crippen LogP contribution >= 0.6 is 61.4 Å². The maximum atomic E-state index is 4.31. The highest BCUT2D eigenvalue weighted by atomic mass is 32.2. The van der Waals surface area contributed by atoms with E-state index in [-0.39, 0.29) is 0 Å². The van der Waals surface area contributed by atoms with Crippen LogP contribution in [0.25, 0.3) is 0 Å². The highest BCUT2D eigenvalue weighted by Crippen LogP contribution is 2.18. The lowest BCUT2D eigenvalue weighted by Gasteiger charge is -2.12. The van der Waals surface area contributed by atoms with Gasteiger partial charge in [0.25, 0.3) is 0 Å². The number of hydrogen-bond donors (Lipinski definition) is 3. The molecule has 5 heteroatoms. The molecule has 0 radical (unpaired) electrons. The molecule has 0 aliphatic carbocycles. The monoisotopic (exact) mass is 260 g/mol. The Labute approximate surface area is 101 Å². The molecule has 0 amide bonds. The SMILES string of the molecule is SCCSC[C@H](CS)SCCS. The summed E-state index contributed by atoms with van der Waals surface area (Å²) >= 11 is 16.6. The van der Waals surface area contributed by atoms with Gasteiger partial charge in [0.15, 0.2) is 0 Å². The molecule has 1 atom stereocenters. The number of rotatable bonds is 8. The fourth-order valence-corrected chi connectivity index (χ4v) is 3.87. The number of thioether (sulfide) groups is 2. The smallest absolute Gasteiger partial charge is 0.0226 e. The largest absolute Gasteiger partial charge is 0.179 e. The van der Waals surface area contributed by atoms with Crippen LogP contribution in [-0.2, 0) is 0 Å². The second-order valence-corrected chi connectivity index (χ2v) is 6.02. The van der Waals surface area contributed by atoms with E-state index in [1.807, 2.05) is 23.5 Å². The Morgan fingerprint density at radius 2 is 1.67 bits per heavy atom. The molecule has 0 aliphatic heterocycles. The van der Waals surface area contributed by atoms with Crippen molar-refractivity contribution in [3.8, 4) is 0 Å². The first-order valence-corrected chi connectivity index (χ1v) is 7.97. The van der Waals surface area contributed by atoms with Crippen LogP contribution in [0.5, 0.6) is 0 Å². The lowest BCUT2D eigenvalue weighted by atomic mass is 10.5. The van der Waals surface area contributed by atoms with Crippen molar-refractivity contribution in [2.45, 2.75) is 5.25 Å². The first-order valence-electron chi connectivity index (χ1n) is 3.87. The molecule has 0 N–H and O–H groups in total. The molecule has 0 saturated heterocycles. The third-order valence-electron chi connectivity index (χ3n) is 1.19. The highest BCUT2D eigenvalue weighted by molar-refractivity contribution is 8.04. The van der Waals surface area contributed by atoms with Crippen molar-refractivity contribution in [3.63, 3.8) is 0 Å². The van der Waals surface area contributed by atoms with Crippen LogP contribution < -0.4 is 0 Å². The van der Waals surface area contributed by atoms with Crippen molar-refractivity contribution in [1.82, 2.24) is 0 Å². The van der Waals surface area contributed by atoms with Crippen molar-refractivity contribution in [1.29, 1.82) is 0 Å². The Morgan fingerprint density at radius 1 is 1.00 bits per heavy atom. The van der Waals surface area contributed by atoms with Gasteiger partial charge in [-0.05, 0) is 11.5 Å². The van der Waals surface area contributed by atoms with Crippen molar-refractivity contribution in [2.24, 2.45) is 0 Å². The van der Waals surface area contributed by atoms with Gasteiger partial charge in [0.05, 0.1) is 0 Å². The highest BCUT2D eigenvalue weighted by Gasteiger charge is 2.05. The average Bonchev–Trinajstić information content (AvgIpc) is 2.11. The fraction of sp³-hybridized carbons (Fsp3) is 1.00. The second-order valence-electron chi connectivity index (χ2n) is 2.20. The van der Waals surface area contributed by atoms with Gasteiger partial charge in [0, 0.05) is 28.3 Å². The van der Waals surface area contributed by atoms with Gasteiger partial charge in [-0.2, -0.15) is 61.4 Å². The average molecular weight is 261 g/mol. The Balaban J connectivity index is 3.26. The summed E-state index contributed by atoms with van der Waals surface area (Å²) in [4.78, 5) is 0. The van der Waals surface area contributed by atoms with Crippen LogP contribution in [0.15, 0.2) is 0 Å². The quantitative estimate of drug-likeness (QED) is 0.453. The minimum atomic E-state index is 0.686. The van der Waals surface area contributed by atoms with E-state index in [1.54, 1.807) is 0 Å². The summed E-state index contributed by atoms with van der Waals surface area (Å²) in [6.07, 6.45) is 0. The van der Waals surface area contributed by atoms with Crippen molar-refractivity contribution < 1.29 is 0 Å². The van der Waals surface area contributed by atoms with Crippen molar-refractivity contribution in [2.75, 3.05) is 34.5 Å². The molecule has 0 bridgehead atoms. The van der Waals surface area contributed by atoms with E-state index >= 15 is 0 Å². The van der Waals surface area contributed by atoms with Crippen molar-refractivity contribution in [3.05, 3.63) is 0 Å². The van der Waals surface area contributed by atoms with E-state index in [9.17, 15) is 0 Å². The molecular formula is C7H16S5. The molecule has 74 valence electrons. The molecule has 0 fully saturated rings. The molecule has 0 aromatic carbocycles. The van der Waals surface area contributed by atoms with Gasteiger partial charge in [0.1, 0.15) is 0 Å². The summed E-state index contributed by atoms with van der Waals surface area (Å²) in [6, 6.07) is 0. The zero-order chi connectivity index (χ0) is 9.23. The van der Waals surface area contributed by atoms with Crippen molar-refractivity contribution >= 4 is 61.4 Å². The molecule has 0 spiro atoms. The van der Waals surface area contributed by atoms with Gasteiger partial charge < -0.3 is 0 Å². The normalized spacial score (nSPS) is 13.2. The van der Waals surface area contributed by atoms with Gasteiger partial charge >= 0.3 is 0 Å². The number of thiol groups is 3. The van der Waals surface area contributed by atoms with Crippen LogP contribution in [0.1, 0.15) is 0 Å². The van der Waals surface area contributed by atoms with Crippen LogP contribution in [-0.4, -0.2) is 39.8 Å². The van der Waals surface area contributed by atoms with E-state index in [4.69, 9.17) is 0 Å². The zero-order valence-corrected chi connectivity index (χ0v) is 11.3. The molecule has 0 unspecified atom stereocenters. The fourth-order valence-electron chi connectivity index (χ4n) is 0.652. The Hall–Kier alpha value is 1.75. The molecule has 0 aromatic rings. The molecule has 0 heterocycles. The third kappa shape index (κ3) is 8.35. The van der Waals surface area contributed by atoms with Crippen LogP contribution in [0.2, 0.25) is 0 Å². The first-order chi connectivity index (χ1) is 5.85. The maximum Gasteiger partial charge on any atom is 0.0226 e. The summed E-state index contributed by atoms with van der Waals surface area (Å²) in [5.41, 5.74) is 0. The van der Waals surface area contributed by atoms with E-state index in [2.05, 4.69) is 37.9 Å². The summed E-state index contributed by atoms with van der Waals surface area (Å²) in [5, 5.41) is 0.686. The standard InChI is InChI=1S/C7H16S5/c8-1-3-11-6-7(5-10)12-4-2-9/h7-10H,1-6H2/t7-/m0/s1. The minimum Gasteiger partial charge on any atom is -0.179 e. The van der Waals surface area contributed by atoms with E-state index in [1.165, 1.54) is 5.75 Å². The summed E-state index contributed by atoms with van der Waals surface area (Å²) in [5.74, 6) is 6.39. The summed E-state index contributed by atoms with van der Waals surface area (Å²) < 4.78 is 0. The molecular weight excluding hydrogens is 244 g/mol. The summed E-state index contributed by atoms with van der Waals surface area (Å²) in [6.45, 7) is 0. The Morgan fingerprint density at radius 3 is 2.17 bits per heavy atom. The molecule has 0 nitrogen and oxygen atoms in total. The minimum absolute atomic E-state index is 0.686. The molecule has 0 rings (SSSR count). The first kappa shape index (κ1) is 13.8. The van der Waals surface area contributed by atoms with Crippen LogP contribution in [0.3, 0.4) is 0 Å². The van der Waals surface area contributed by atoms with Gasteiger partial charge in [0.2, 0.25) is 0 Å². The van der Waals surface area contributed by atoms with E-state index < -0.39 is 0 Å². The predicted octanol–water partition coefficient (Wildman–Crippen LogP) is 2.61. The predicted molar refractivity (Wildman–Crippen MR) is 75.1 cm³/mol. The molecule has 0 saturated carbocycles. The molecule has 0 aliphatic rings. The Kier molecular flexibility index (Phi) is 12.4. The molecule has 12 heavy (non-hydrogen) atoms. The lowest BCUT2D eigenvalue weighted by Crippen LogP contribution is -2.10. The van der Waals surface area contributed by atoms with E-state index in [0.29, 0.717) is 5.25 Å². The van der Waals surface area contributed by atoms with Gasteiger partial charge in [-0.25, -0.2) is 0 Å². The van der Waals surface area contributed by atoms with Crippen LogP contribution in [0.4, 0.5) is 0 Å².